The van der Waals surface area contributed by atoms with Gasteiger partial charge in [0, 0.05) is 18.3 Å². The van der Waals surface area contributed by atoms with Gasteiger partial charge in [0.15, 0.2) is 0 Å². The largest absolute Gasteiger partial charge is 0.338 e. The lowest BCUT2D eigenvalue weighted by Crippen LogP contribution is -2.43. The van der Waals surface area contributed by atoms with E-state index in [0.29, 0.717) is 41.1 Å². The number of likely N-dealkylation sites (tertiary alicyclic amines) is 1. The highest BCUT2D eigenvalue weighted by atomic mass is 35.5. The van der Waals surface area contributed by atoms with Gasteiger partial charge in [0.2, 0.25) is 11.7 Å². The topological polar surface area (TPSA) is 55.1 Å². The third-order valence-corrected chi connectivity index (χ3v) is 4.46. The van der Waals surface area contributed by atoms with Crippen LogP contribution in [0.4, 0.5) is 0 Å². The van der Waals surface area contributed by atoms with Crippen molar-refractivity contribution in [1.29, 1.82) is 0 Å². The van der Waals surface area contributed by atoms with E-state index in [4.69, 9.17) is 16.1 Å². The summed E-state index contributed by atoms with van der Waals surface area (Å²) < 4.78 is 5.38. The van der Waals surface area contributed by atoms with Crippen LogP contribution in [0.3, 0.4) is 0 Å². The van der Waals surface area contributed by atoms with Crippen molar-refractivity contribution < 1.29 is 4.52 Å². The van der Waals surface area contributed by atoms with Crippen LogP contribution < -0.4 is 0 Å². The van der Waals surface area contributed by atoms with Crippen LogP contribution in [0.1, 0.15) is 39.0 Å². The molecule has 2 aromatic rings. The molecule has 3 rings (SSSR count). The van der Waals surface area contributed by atoms with Crippen LogP contribution in [0.15, 0.2) is 22.9 Å². The number of piperidine rings is 1. The monoisotopic (exact) mass is 306 g/mol. The molecule has 0 spiro atoms. The van der Waals surface area contributed by atoms with Crippen LogP contribution in [-0.4, -0.2) is 32.1 Å². The molecule has 2 atom stereocenters. The highest BCUT2D eigenvalue weighted by Crippen LogP contribution is 2.26. The van der Waals surface area contributed by atoms with Gasteiger partial charge in [-0.3, -0.25) is 4.90 Å². The second kappa shape index (κ2) is 6.12. The molecule has 1 aliphatic heterocycles. The van der Waals surface area contributed by atoms with Crippen LogP contribution in [0.5, 0.6) is 0 Å². The summed E-state index contributed by atoms with van der Waals surface area (Å²) in [6.07, 6.45) is 5.38. The number of halogens is 1. The molecule has 0 amide bonds. The number of hydrogen-bond acceptors (Lipinski definition) is 5. The first-order valence-corrected chi connectivity index (χ1v) is 7.72. The Morgan fingerprint density at radius 1 is 1.33 bits per heavy atom. The summed E-state index contributed by atoms with van der Waals surface area (Å²) in [6.45, 7) is 5.20. The molecule has 0 N–H and O–H groups in total. The number of pyridine rings is 1. The number of aromatic nitrogens is 3. The first kappa shape index (κ1) is 14.5. The molecule has 1 saturated heterocycles. The standard InChI is InChI=1S/C15H19ClN4O/c1-10-5-3-6-11(2)20(10)9-13-18-15(19-21-13)12-7-4-8-17-14(12)16/h4,7-8,10-11H,3,5-6,9H2,1-2H3/t10-,11+. The summed E-state index contributed by atoms with van der Waals surface area (Å²) in [6, 6.07) is 4.75. The van der Waals surface area contributed by atoms with Gasteiger partial charge in [0.25, 0.3) is 0 Å². The molecular formula is C15H19ClN4O. The maximum Gasteiger partial charge on any atom is 0.241 e. The van der Waals surface area contributed by atoms with E-state index in [-0.39, 0.29) is 0 Å². The van der Waals surface area contributed by atoms with Crippen LogP contribution in [0.2, 0.25) is 5.15 Å². The Kier molecular flexibility index (Phi) is 4.22. The Morgan fingerprint density at radius 3 is 2.81 bits per heavy atom. The van der Waals surface area contributed by atoms with Crippen molar-refractivity contribution in [2.24, 2.45) is 0 Å². The normalized spacial score (nSPS) is 23.4. The average molecular weight is 307 g/mol. The van der Waals surface area contributed by atoms with Crippen molar-refractivity contribution in [3.8, 4) is 11.4 Å². The Morgan fingerprint density at radius 2 is 2.10 bits per heavy atom. The predicted octanol–water partition coefficient (Wildman–Crippen LogP) is 3.55. The van der Waals surface area contributed by atoms with E-state index < -0.39 is 0 Å². The van der Waals surface area contributed by atoms with E-state index in [2.05, 4.69) is 33.9 Å². The first-order valence-electron chi connectivity index (χ1n) is 7.34. The number of rotatable bonds is 3. The summed E-state index contributed by atoms with van der Waals surface area (Å²) in [5, 5.41) is 4.42. The van der Waals surface area contributed by atoms with E-state index >= 15 is 0 Å². The molecular weight excluding hydrogens is 288 g/mol. The molecule has 0 radical (unpaired) electrons. The lowest BCUT2D eigenvalue weighted by Gasteiger charge is -2.37. The van der Waals surface area contributed by atoms with E-state index in [1.54, 1.807) is 6.20 Å². The van der Waals surface area contributed by atoms with Gasteiger partial charge in [-0.05, 0) is 38.8 Å². The van der Waals surface area contributed by atoms with Crippen molar-refractivity contribution >= 4 is 11.6 Å². The minimum absolute atomic E-state index is 0.393. The maximum absolute atomic E-state index is 6.06. The summed E-state index contributed by atoms with van der Waals surface area (Å²) >= 11 is 6.06. The van der Waals surface area contributed by atoms with Crippen LogP contribution in [0.25, 0.3) is 11.4 Å². The summed E-state index contributed by atoms with van der Waals surface area (Å²) in [5.41, 5.74) is 0.703. The van der Waals surface area contributed by atoms with E-state index in [9.17, 15) is 0 Å². The van der Waals surface area contributed by atoms with Crippen molar-refractivity contribution in [3.63, 3.8) is 0 Å². The average Bonchev–Trinajstić information content (AvgIpc) is 2.92. The van der Waals surface area contributed by atoms with Gasteiger partial charge >= 0.3 is 0 Å². The fraction of sp³-hybridized carbons (Fsp3) is 0.533. The third kappa shape index (κ3) is 3.09. The molecule has 6 heteroatoms. The highest BCUT2D eigenvalue weighted by molar-refractivity contribution is 6.31. The SMILES string of the molecule is C[C@@H]1CCC[C@H](C)N1Cc1nc(-c2cccnc2Cl)no1. The lowest BCUT2D eigenvalue weighted by atomic mass is 9.98. The zero-order chi connectivity index (χ0) is 14.8. The Balaban J connectivity index is 1.78. The molecule has 5 nitrogen and oxygen atoms in total. The molecule has 21 heavy (non-hydrogen) atoms. The number of nitrogens with zero attached hydrogens (tertiary/aromatic N) is 4. The predicted molar refractivity (Wildman–Crippen MR) is 80.9 cm³/mol. The van der Waals surface area contributed by atoms with Crippen LogP contribution in [0, 0.1) is 0 Å². The minimum Gasteiger partial charge on any atom is -0.338 e. The Hall–Kier alpha value is -1.46. The van der Waals surface area contributed by atoms with Gasteiger partial charge in [0.05, 0.1) is 12.1 Å². The van der Waals surface area contributed by atoms with Crippen LogP contribution in [-0.2, 0) is 6.54 Å². The molecule has 0 unspecified atom stereocenters. The molecule has 1 fully saturated rings. The second-order valence-corrected chi connectivity index (χ2v) is 6.01. The van der Waals surface area contributed by atoms with E-state index in [1.807, 2.05) is 12.1 Å². The molecule has 1 aliphatic rings. The molecule has 0 bridgehead atoms. The van der Waals surface area contributed by atoms with Gasteiger partial charge in [-0.2, -0.15) is 4.98 Å². The van der Waals surface area contributed by atoms with Gasteiger partial charge in [0.1, 0.15) is 5.15 Å². The molecule has 0 aromatic carbocycles. The summed E-state index contributed by atoms with van der Waals surface area (Å²) in [7, 11) is 0. The first-order chi connectivity index (χ1) is 10.1. The summed E-state index contributed by atoms with van der Waals surface area (Å²) in [5.74, 6) is 1.13. The second-order valence-electron chi connectivity index (χ2n) is 5.65. The van der Waals surface area contributed by atoms with Gasteiger partial charge in [-0.25, -0.2) is 4.98 Å². The number of hydrogen-bond donors (Lipinski definition) is 0. The van der Waals surface area contributed by atoms with Crippen molar-refractivity contribution in [3.05, 3.63) is 29.4 Å². The minimum atomic E-state index is 0.393. The maximum atomic E-state index is 6.06. The Bertz CT molecular complexity index is 605. The highest BCUT2D eigenvalue weighted by Gasteiger charge is 2.26. The van der Waals surface area contributed by atoms with Crippen molar-refractivity contribution in [1.82, 2.24) is 20.0 Å². The third-order valence-electron chi connectivity index (χ3n) is 4.16. The molecule has 2 aromatic heterocycles. The molecule has 112 valence electrons. The zero-order valence-electron chi connectivity index (χ0n) is 12.3. The quantitative estimate of drug-likeness (QED) is 0.812. The van der Waals surface area contributed by atoms with Gasteiger partial charge < -0.3 is 4.52 Å². The fourth-order valence-corrected chi connectivity index (χ4v) is 3.13. The van der Waals surface area contributed by atoms with E-state index in [1.165, 1.54) is 19.3 Å². The molecule has 0 aliphatic carbocycles. The smallest absolute Gasteiger partial charge is 0.241 e. The van der Waals surface area contributed by atoms with Gasteiger partial charge in [-0.15, -0.1) is 0 Å². The summed E-state index contributed by atoms with van der Waals surface area (Å²) in [4.78, 5) is 10.9. The molecule has 3 heterocycles. The fourth-order valence-electron chi connectivity index (χ4n) is 2.92. The lowest BCUT2D eigenvalue weighted by molar-refractivity contribution is 0.0825. The Labute approximate surface area is 129 Å². The van der Waals surface area contributed by atoms with E-state index in [0.717, 1.165) is 0 Å². The van der Waals surface area contributed by atoms with Crippen molar-refractivity contribution in [2.75, 3.05) is 0 Å². The van der Waals surface area contributed by atoms with Crippen LogP contribution >= 0.6 is 11.6 Å². The van der Waals surface area contributed by atoms with Gasteiger partial charge in [-0.1, -0.05) is 23.2 Å². The van der Waals surface area contributed by atoms with Crippen molar-refractivity contribution in [2.45, 2.75) is 51.7 Å². The molecule has 0 saturated carbocycles. The zero-order valence-corrected chi connectivity index (χ0v) is 13.0.